The first-order valence-electron chi connectivity index (χ1n) is 11.7. The normalized spacial score (nSPS) is 12.6. The number of aromatic nitrogens is 1. The van der Waals surface area contributed by atoms with Crippen LogP contribution in [0.25, 0.3) is 0 Å². The highest BCUT2D eigenvalue weighted by Crippen LogP contribution is 2.27. The molecule has 38 heavy (non-hydrogen) atoms. The summed E-state index contributed by atoms with van der Waals surface area (Å²) in [5.74, 6) is -2.22. The van der Waals surface area contributed by atoms with E-state index in [1.165, 1.54) is 37.6 Å². The number of carbonyl (C=O) groups is 1. The molecule has 0 amide bonds. The van der Waals surface area contributed by atoms with Crippen LogP contribution >= 0.6 is 0 Å². The van der Waals surface area contributed by atoms with Gasteiger partial charge in [0.25, 0.3) is 10.0 Å². The quantitative estimate of drug-likeness (QED) is 0.204. The van der Waals surface area contributed by atoms with Gasteiger partial charge in [0.05, 0.1) is 30.4 Å². The van der Waals surface area contributed by atoms with Gasteiger partial charge in [0, 0.05) is 6.07 Å². The number of esters is 1. The van der Waals surface area contributed by atoms with Crippen molar-refractivity contribution in [3.8, 4) is 5.88 Å². The first kappa shape index (κ1) is 28.9. The smallest absolute Gasteiger partial charge is 0.481 e. The highest BCUT2D eigenvalue weighted by Gasteiger charge is 2.43. The number of carbonyl (C=O) groups excluding carboxylic acids is 1. The summed E-state index contributed by atoms with van der Waals surface area (Å²) < 4.78 is 77.2. The van der Waals surface area contributed by atoms with Crippen LogP contribution in [0.4, 0.5) is 18.9 Å². The summed E-state index contributed by atoms with van der Waals surface area (Å²) in [7, 11) is -2.92. The fourth-order valence-electron chi connectivity index (χ4n) is 3.64. The topological polar surface area (TPSA) is 97.8 Å². The predicted molar refractivity (Wildman–Crippen MR) is 135 cm³/mol. The summed E-state index contributed by atoms with van der Waals surface area (Å²) in [6.45, 7) is 1.11. The van der Waals surface area contributed by atoms with Gasteiger partial charge in [0.2, 0.25) is 5.88 Å². The maximum absolute atomic E-state index is 13.7. The molecule has 1 N–H and O–H groups in total. The van der Waals surface area contributed by atoms with Gasteiger partial charge in [-0.25, -0.2) is 18.2 Å². The Labute approximate surface area is 219 Å². The van der Waals surface area contributed by atoms with E-state index >= 15 is 0 Å². The molecule has 0 radical (unpaired) electrons. The standard InChI is InChI=1S/C26H28F3N3O5S/c1-19-9-6-7-13-22(19)38(34,35)32(21-14-15-23(36-2)31-17-21)18-24(37-25(33)26(27,28)29)30-16-8-12-20-10-4-3-5-11-20/h3-7,9-11,13-15,17,24,30H,8,12,16,18H2,1-2H3. The Morgan fingerprint density at radius 1 is 1.05 bits per heavy atom. The Bertz CT molecular complexity index is 1300. The zero-order chi connectivity index (χ0) is 27.8. The third-order valence-corrected chi connectivity index (χ3v) is 7.50. The highest BCUT2D eigenvalue weighted by molar-refractivity contribution is 7.92. The van der Waals surface area contributed by atoms with Gasteiger partial charge in [-0.2, -0.15) is 13.2 Å². The molecule has 0 aliphatic rings. The lowest BCUT2D eigenvalue weighted by atomic mass is 10.1. The Balaban J connectivity index is 1.90. The highest BCUT2D eigenvalue weighted by atomic mass is 32.2. The van der Waals surface area contributed by atoms with Crippen LogP contribution in [-0.2, 0) is 26.0 Å². The van der Waals surface area contributed by atoms with Gasteiger partial charge in [-0.3, -0.25) is 9.62 Å². The number of nitrogens with zero attached hydrogens (tertiary/aromatic N) is 2. The number of pyridine rings is 1. The lowest BCUT2D eigenvalue weighted by molar-refractivity contribution is -0.205. The molecule has 0 saturated heterocycles. The third-order valence-electron chi connectivity index (χ3n) is 5.55. The van der Waals surface area contributed by atoms with E-state index < -0.39 is 34.9 Å². The summed E-state index contributed by atoms with van der Waals surface area (Å²) >= 11 is 0. The fraction of sp³-hybridized carbons (Fsp3) is 0.308. The number of alkyl halides is 3. The van der Waals surface area contributed by atoms with Crippen LogP contribution in [0.15, 0.2) is 77.8 Å². The van der Waals surface area contributed by atoms with Crippen molar-refractivity contribution in [3.63, 3.8) is 0 Å². The molecule has 0 bridgehead atoms. The SMILES string of the molecule is COc1ccc(N(CC(NCCCc2ccccc2)OC(=O)C(F)(F)F)S(=O)(=O)c2ccccc2C)cn1. The second-order valence-corrected chi connectivity index (χ2v) is 10.1. The largest absolute Gasteiger partial charge is 0.490 e. The lowest BCUT2D eigenvalue weighted by Crippen LogP contribution is -2.48. The van der Waals surface area contributed by atoms with Crippen molar-refractivity contribution in [3.05, 3.63) is 84.1 Å². The Kier molecular flexibility index (Phi) is 9.70. The van der Waals surface area contributed by atoms with Crippen LogP contribution in [0.1, 0.15) is 17.5 Å². The summed E-state index contributed by atoms with van der Waals surface area (Å²) in [5, 5.41) is 2.76. The molecule has 1 aromatic heterocycles. The van der Waals surface area contributed by atoms with E-state index in [2.05, 4.69) is 10.3 Å². The Morgan fingerprint density at radius 2 is 1.74 bits per heavy atom. The molecule has 12 heteroatoms. The van der Waals surface area contributed by atoms with Crippen molar-refractivity contribution in [1.29, 1.82) is 0 Å². The number of ether oxygens (including phenoxy) is 2. The van der Waals surface area contributed by atoms with E-state index in [0.29, 0.717) is 18.4 Å². The number of methoxy groups -OCH3 is 1. The number of halogens is 3. The molecular formula is C26H28F3N3O5S. The Hall–Kier alpha value is -3.64. The van der Waals surface area contributed by atoms with Crippen molar-refractivity contribution in [2.45, 2.75) is 37.1 Å². The van der Waals surface area contributed by atoms with Gasteiger partial charge in [-0.15, -0.1) is 0 Å². The number of rotatable bonds is 12. The minimum atomic E-state index is -5.26. The average Bonchev–Trinajstić information content (AvgIpc) is 2.89. The third kappa shape index (κ3) is 7.68. The molecule has 0 fully saturated rings. The van der Waals surface area contributed by atoms with Gasteiger partial charge >= 0.3 is 12.1 Å². The average molecular weight is 552 g/mol. The van der Waals surface area contributed by atoms with Crippen molar-refractivity contribution in [2.24, 2.45) is 0 Å². The minimum Gasteiger partial charge on any atom is -0.481 e. The van der Waals surface area contributed by atoms with E-state index in [0.717, 1.165) is 9.87 Å². The minimum absolute atomic E-state index is 0.0493. The second kappa shape index (κ2) is 12.7. The molecule has 1 atom stereocenters. The molecule has 204 valence electrons. The number of hydrogen-bond acceptors (Lipinski definition) is 7. The number of benzene rings is 2. The number of nitrogens with one attached hydrogen (secondary N) is 1. The lowest BCUT2D eigenvalue weighted by Gasteiger charge is -2.29. The van der Waals surface area contributed by atoms with Crippen LogP contribution in [-0.4, -0.2) is 52.0 Å². The summed E-state index contributed by atoms with van der Waals surface area (Å²) in [6, 6.07) is 18.4. The van der Waals surface area contributed by atoms with E-state index in [9.17, 15) is 26.4 Å². The number of sulfonamides is 1. The van der Waals surface area contributed by atoms with E-state index in [1.807, 2.05) is 30.3 Å². The van der Waals surface area contributed by atoms with Gasteiger partial charge in [0.1, 0.15) is 0 Å². The molecule has 3 rings (SSSR count). The molecule has 2 aromatic carbocycles. The molecule has 0 aliphatic heterocycles. The maximum atomic E-state index is 13.7. The van der Waals surface area contributed by atoms with Crippen LogP contribution in [0, 0.1) is 6.92 Å². The summed E-state index contributed by atoms with van der Waals surface area (Å²) in [6.07, 6.45) is -4.54. The van der Waals surface area contributed by atoms with Crippen molar-refractivity contribution in [2.75, 3.05) is 24.5 Å². The monoisotopic (exact) mass is 551 g/mol. The predicted octanol–water partition coefficient (Wildman–Crippen LogP) is 4.25. The summed E-state index contributed by atoms with van der Waals surface area (Å²) in [5.41, 5.74) is 1.50. The molecule has 0 saturated carbocycles. The zero-order valence-corrected chi connectivity index (χ0v) is 21.6. The van der Waals surface area contributed by atoms with Gasteiger partial charge in [-0.05, 0) is 49.6 Å². The van der Waals surface area contributed by atoms with Crippen LogP contribution in [0.2, 0.25) is 0 Å². The molecule has 0 spiro atoms. The zero-order valence-electron chi connectivity index (χ0n) is 20.8. The molecule has 1 unspecified atom stereocenters. The van der Waals surface area contributed by atoms with Gasteiger partial charge in [0.15, 0.2) is 6.23 Å². The van der Waals surface area contributed by atoms with Crippen molar-refractivity contribution < 1.29 is 35.9 Å². The second-order valence-electron chi connectivity index (χ2n) is 8.30. The van der Waals surface area contributed by atoms with Crippen molar-refractivity contribution >= 4 is 21.7 Å². The van der Waals surface area contributed by atoms with Crippen molar-refractivity contribution in [1.82, 2.24) is 10.3 Å². The van der Waals surface area contributed by atoms with E-state index in [4.69, 9.17) is 9.47 Å². The molecule has 3 aromatic rings. The first-order valence-corrected chi connectivity index (χ1v) is 13.1. The Morgan fingerprint density at radius 3 is 2.34 bits per heavy atom. The van der Waals surface area contributed by atoms with Crippen LogP contribution in [0.5, 0.6) is 5.88 Å². The molecular weight excluding hydrogens is 523 g/mol. The van der Waals surface area contributed by atoms with Gasteiger partial charge < -0.3 is 9.47 Å². The van der Waals surface area contributed by atoms with E-state index in [-0.39, 0.29) is 23.0 Å². The fourth-order valence-corrected chi connectivity index (χ4v) is 5.32. The van der Waals surface area contributed by atoms with E-state index in [1.54, 1.807) is 19.1 Å². The molecule has 0 aliphatic carbocycles. The summed E-state index contributed by atoms with van der Waals surface area (Å²) in [4.78, 5) is 15.7. The molecule has 8 nitrogen and oxygen atoms in total. The number of hydrogen-bond donors (Lipinski definition) is 1. The van der Waals surface area contributed by atoms with Crippen LogP contribution < -0.4 is 14.4 Å². The van der Waals surface area contributed by atoms with Crippen LogP contribution in [0.3, 0.4) is 0 Å². The number of anilines is 1. The number of aryl methyl sites for hydroxylation is 2. The van der Waals surface area contributed by atoms with Gasteiger partial charge in [-0.1, -0.05) is 48.5 Å². The first-order chi connectivity index (χ1) is 18.0. The molecule has 1 heterocycles. The maximum Gasteiger partial charge on any atom is 0.490 e.